The lowest BCUT2D eigenvalue weighted by Crippen LogP contribution is -2.27. The zero-order chi connectivity index (χ0) is 9.80. The molecular formula is C10H12N2O2. The van der Waals surface area contributed by atoms with Crippen molar-refractivity contribution in [1.82, 2.24) is 5.17 Å². The zero-order valence-electron chi connectivity index (χ0n) is 7.80. The minimum atomic E-state index is -0.0253. The highest BCUT2D eigenvalue weighted by Gasteiger charge is 2.21. The first-order valence-corrected chi connectivity index (χ1v) is 4.72. The highest BCUT2D eigenvalue weighted by Crippen LogP contribution is 2.27. The van der Waals surface area contributed by atoms with Crippen LogP contribution in [0.3, 0.4) is 0 Å². The molecule has 1 aromatic carbocycles. The van der Waals surface area contributed by atoms with Crippen molar-refractivity contribution in [2.75, 3.05) is 6.54 Å². The molecule has 1 heterocycles. The zero-order valence-corrected chi connectivity index (χ0v) is 7.80. The summed E-state index contributed by atoms with van der Waals surface area (Å²) < 4.78 is 0. The van der Waals surface area contributed by atoms with Gasteiger partial charge in [0.1, 0.15) is 6.10 Å². The fourth-order valence-electron chi connectivity index (χ4n) is 1.62. The van der Waals surface area contributed by atoms with Gasteiger partial charge in [-0.1, -0.05) is 30.3 Å². The minimum absolute atomic E-state index is 0.0253. The number of rotatable bonds is 2. The van der Waals surface area contributed by atoms with Crippen LogP contribution in [0.1, 0.15) is 24.5 Å². The summed E-state index contributed by atoms with van der Waals surface area (Å²) >= 11 is 0. The van der Waals surface area contributed by atoms with E-state index in [1.165, 1.54) is 0 Å². The lowest BCUT2D eigenvalue weighted by Gasteiger charge is -2.27. The Morgan fingerprint density at radius 2 is 2.14 bits per heavy atom. The second-order valence-electron chi connectivity index (χ2n) is 3.30. The maximum atomic E-state index is 10.3. The first-order valence-electron chi connectivity index (χ1n) is 4.72. The number of benzene rings is 1. The lowest BCUT2D eigenvalue weighted by molar-refractivity contribution is -0.226. The molecule has 1 atom stereocenters. The summed E-state index contributed by atoms with van der Waals surface area (Å²) in [4.78, 5) is 15.7. The molecule has 1 aromatic rings. The Morgan fingerprint density at radius 1 is 1.36 bits per heavy atom. The maximum absolute atomic E-state index is 10.3. The Kier molecular flexibility index (Phi) is 2.74. The summed E-state index contributed by atoms with van der Waals surface area (Å²) in [5.74, 6) is 0. The predicted molar refractivity (Wildman–Crippen MR) is 52.0 cm³/mol. The van der Waals surface area contributed by atoms with Gasteiger partial charge in [0, 0.05) is 0 Å². The van der Waals surface area contributed by atoms with Crippen molar-refractivity contribution in [3.05, 3.63) is 40.8 Å². The first kappa shape index (κ1) is 9.15. The molecule has 1 aliphatic heterocycles. The van der Waals surface area contributed by atoms with Crippen molar-refractivity contribution in [3.63, 3.8) is 0 Å². The van der Waals surface area contributed by atoms with Gasteiger partial charge in [-0.15, -0.1) is 10.1 Å². The van der Waals surface area contributed by atoms with E-state index in [1.54, 1.807) is 0 Å². The van der Waals surface area contributed by atoms with E-state index in [1.807, 2.05) is 30.3 Å². The van der Waals surface area contributed by atoms with Crippen LogP contribution in [0, 0.1) is 4.91 Å². The van der Waals surface area contributed by atoms with Crippen LogP contribution >= 0.6 is 0 Å². The van der Waals surface area contributed by atoms with Gasteiger partial charge < -0.3 is 0 Å². The Bertz CT molecular complexity index is 302. The van der Waals surface area contributed by atoms with Crippen molar-refractivity contribution in [1.29, 1.82) is 0 Å². The standard InChI is InChI=1S/C10H12N2O2/c13-11-12-8-4-7-10(14-12)9-5-2-1-3-6-9/h1-3,5-6,10H,4,7-8H2. The average Bonchev–Trinajstić information content (AvgIpc) is 2.30. The molecule has 1 saturated heterocycles. The Hall–Kier alpha value is -1.42. The second-order valence-corrected chi connectivity index (χ2v) is 3.30. The van der Waals surface area contributed by atoms with E-state index in [0.29, 0.717) is 6.54 Å². The fraction of sp³-hybridized carbons (Fsp3) is 0.400. The van der Waals surface area contributed by atoms with E-state index in [4.69, 9.17) is 4.84 Å². The van der Waals surface area contributed by atoms with Crippen LogP contribution in [0.4, 0.5) is 0 Å². The summed E-state index contributed by atoms with van der Waals surface area (Å²) in [6.07, 6.45) is 1.85. The van der Waals surface area contributed by atoms with E-state index in [-0.39, 0.29) is 6.10 Å². The SMILES string of the molecule is O=NN1CCCC(c2ccccc2)O1. The third kappa shape index (κ3) is 1.90. The van der Waals surface area contributed by atoms with E-state index >= 15 is 0 Å². The first-order chi connectivity index (χ1) is 6.90. The van der Waals surface area contributed by atoms with Crippen molar-refractivity contribution in [2.45, 2.75) is 18.9 Å². The predicted octanol–water partition coefficient (Wildman–Crippen LogP) is 2.44. The summed E-state index contributed by atoms with van der Waals surface area (Å²) in [5, 5.41) is 3.91. The van der Waals surface area contributed by atoms with E-state index in [0.717, 1.165) is 23.6 Å². The second kappa shape index (κ2) is 4.19. The van der Waals surface area contributed by atoms with Crippen molar-refractivity contribution < 1.29 is 4.84 Å². The monoisotopic (exact) mass is 192 g/mol. The molecule has 2 rings (SSSR count). The molecule has 14 heavy (non-hydrogen) atoms. The molecule has 1 fully saturated rings. The van der Waals surface area contributed by atoms with Crippen LogP contribution in [-0.4, -0.2) is 11.7 Å². The molecule has 4 heteroatoms. The molecule has 0 saturated carbocycles. The molecular weight excluding hydrogens is 180 g/mol. The molecule has 4 nitrogen and oxygen atoms in total. The van der Waals surface area contributed by atoms with Crippen LogP contribution in [0.15, 0.2) is 35.6 Å². The Labute approximate surface area is 82.4 Å². The van der Waals surface area contributed by atoms with Gasteiger partial charge >= 0.3 is 0 Å². The van der Waals surface area contributed by atoms with E-state index in [2.05, 4.69) is 5.29 Å². The fourth-order valence-corrected chi connectivity index (χ4v) is 1.62. The largest absolute Gasteiger partial charge is 0.246 e. The van der Waals surface area contributed by atoms with Gasteiger partial charge in [0.15, 0.2) is 0 Å². The van der Waals surface area contributed by atoms with Gasteiger partial charge in [-0.25, -0.2) is 4.84 Å². The number of hydrogen-bond acceptors (Lipinski definition) is 3. The van der Waals surface area contributed by atoms with E-state index < -0.39 is 0 Å². The molecule has 0 aromatic heterocycles. The van der Waals surface area contributed by atoms with Gasteiger partial charge in [0.2, 0.25) is 0 Å². The Morgan fingerprint density at radius 3 is 2.86 bits per heavy atom. The molecule has 0 bridgehead atoms. The van der Waals surface area contributed by atoms with Gasteiger partial charge in [-0.05, 0) is 18.4 Å². The Balaban J connectivity index is 2.08. The highest BCUT2D eigenvalue weighted by molar-refractivity contribution is 5.17. The topological polar surface area (TPSA) is 41.9 Å². The normalized spacial score (nSPS) is 22.0. The lowest BCUT2D eigenvalue weighted by atomic mass is 10.0. The van der Waals surface area contributed by atoms with Gasteiger partial charge in [-0.3, -0.25) is 0 Å². The van der Waals surface area contributed by atoms with Crippen molar-refractivity contribution in [3.8, 4) is 0 Å². The van der Waals surface area contributed by atoms with Crippen LogP contribution in [0.2, 0.25) is 0 Å². The molecule has 1 aliphatic rings. The molecule has 0 radical (unpaired) electrons. The summed E-state index contributed by atoms with van der Waals surface area (Å²) in [7, 11) is 0. The molecule has 0 aliphatic carbocycles. The molecule has 0 amide bonds. The molecule has 1 unspecified atom stereocenters. The van der Waals surface area contributed by atoms with Gasteiger partial charge in [0.05, 0.1) is 11.8 Å². The third-order valence-electron chi connectivity index (χ3n) is 2.33. The van der Waals surface area contributed by atoms with Crippen LogP contribution in [0.25, 0.3) is 0 Å². The molecule has 0 N–H and O–H groups in total. The molecule has 0 spiro atoms. The van der Waals surface area contributed by atoms with Crippen molar-refractivity contribution >= 4 is 0 Å². The van der Waals surface area contributed by atoms with E-state index in [9.17, 15) is 4.91 Å². The highest BCUT2D eigenvalue weighted by atomic mass is 16.7. The third-order valence-corrected chi connectivity index (χ3v) is 2.33. The number of hydroxylamine groups is 1. The summed E-state index contributed by atoms with van der Waals surface area (Å²) in [6, 6.07) is 9.89. The van der Waals surface area contributed by atoms with Crippen LogP contribution in [-0.2, 0) is 4.84 Å². The van der Waals surface area contributed by atoms with Crippen molar-refractivity contribution in [2.24, 2.45) is 5.29 Å². The van der Waals surface area contributed by atoms with Gasteiger partial charge in [0.25, 0.3) is 0 Å². The van der Waals surface area contributed by atoms with Crippen LogP contribution < -0.4 is 0 Å². The number of nitrogens with zero attached hydrogens (tertiary/aromatic N) is 2. The maximum Gasteiger partial charge on any atom is 0.113 e. The smallest absolute Gasteiger partial charge is 0.113 e. The minimum Gasteiger partial charge on any atom is -0.246 e. The quantitative estimate of drug-likeness (QED) is 0.676. The summed E-state index contributed by atoms with van der Waals surface area (Å²) in [6.45, 7) is 0.590. The molecule has 74 valence electrons. The number of hydrogen-bond donors (Lipinski definition) is 0. The summed E-state index contributed by atoms with van der Waals surface area (Å²) in [5.41, 5.74) is 1.10. The van der Waals surface area contributed by atoms with Crippen LogP contribution in [0.5, 0.6) is 0 Å². The number of nitroso groups, excluding NO2 is 1. The van der Waals surface area contributed by atoms with Gasteiger partial charge in [-0.2, -0.15) is 0 Å². The average molecular weight is 192 g/mol.